The van der Waals surface area contributed by atoms with E-state index in [1.807, 2.05) is 24.3 Å². The number of rotatable bonds is 6. The number of hydrazine groups is 1. The Morgan fingerprint density at radius 1 is 1.38 bits per heavy atom. The van der Waals surface area contributed by atoms with Crippen molar-refractivity contribution >= 4 is 5.91 Å². The van der Waals surface area contributed by atoms with E-state index in [2.05, 4.69) is 17.8 Å². The van der Waals surface area contributed by atoms with Crippen LogP contribution in [0.2, 0.25) is 0 Å². The van der Waals surface area contributed by atoms with Crippen molar-refractivity contribution in [2.45, 2.75) is 19.8 Å². The summed E-state index contributed by atoms with van der Waals surface area (Å²) in [5.74, 6) is 0.790. The molecule has 0 aliphatic rings. The predicted molar refractivity (Wildman–Crippen MR) is 63.1 cm³/mol. The molecule has 1 aromatic rings. The molecule has 0 aliphatic carbocycles. The summed E-state index contributed by atoms with van der Waals surface area (Å²) in [5.41, 5.74) is 6.24. The maximum atomic E-state index is 11.1. The second-order valence-electron chi connectivity index (χ2n) is 3.36. The number of carbonyl (C=O) groups is 1. The molecule has 88 valence electrons. The van der Waals surface area contributed by atoms with Gasteiger partial charge in [0.15, 0.2) is 0 Å². The standard InChI is InChI=1S/C12H18N2O2/c1-3-10-6-4-5-7-11(10)16-9-8-12(15)14-13-2/h4-7,13H,3,8-9H2,1-2H3,(H,14,15). The van der Waals surface area contributed by atoms with Crippen LogP contribution in [-0.2, 0) is 11.2 Å². The highest BCUT2D eigenvalue weighted by Crippen LogP contribution is 2.18. The van der Waals surface area contributed by atoms with Crippen LogP contribution in [0.1, 0.15) is 18.9 Å². The molecule has 0 aromatic heterocycles. The van der Waals surface area contributed by atoms with E-state index >= 15 is 0 Å². The number of para-hydroxylation sites is 1. The second kappa shape index (κ2) is 6.85. The van der Waals surface area contributed by atoms with Crippen LogP contribution < -0.4 is 15.6 Å². The maximum Gasteiger partial charge on any atom is 0.237 e. The van der Waals surface area contributed by atoms with E-state index < -0.39 is 0 Å². The first kappa shape index (κ1) is 12.5. The Balaban J connectivity index is 2.39. The summed E-state index contributed by atoms with van der Waals surface area (Å²) in [6, 6.07) is 7.87. The fourth-order valence-corrected chi connectivity index (χ4v) is 1.39. The summed E-state index contributed by atoms with van der Waals surface area (Å²) in [4.78, 5) is 11.1. The van der Waals surface area contributed by atoms with E-state index in [0.717, 1.165) is 17.7 Å². The molecular formula is C12H18N2O2. The summed E-state index contributed by atoms with van der Waals surface area (Å²) in [7, 11) is 1.66. The monoisotopic (exact) mass is 222 g/mol. The predicted octanol–water partition coefficient (Wildman–Crippen LogP) is 1.27. The summed E-state index contributed by atoms with van der Waals surface area (Å²) < 4.78 is 5.56. The van der Waals surface area contributed by atoms with Gasteiger partial charge in [-0.25, -0.2) is 5.43 Å². The minimum Gasteiger partial charge on any atom is -0.493 e. The van der Waals surface area contributed by atoms with E-state index in [1.165, 1.54) is 0 Å². The molecule has 0 bridgehead atoms. The molecule has 4 nitrogen and oxygen atoms in total. The van der Waals surface area contributed by atoms with Crippen molar-refractivity contribution in [3.63, 3.8) is 0 Å². The smallest absolute Gasteiger partial charge is 0.237 e. The molecule has 0 aliphatic heterocycles. The van der Waals surface area contributed by atoms with Crippen LogP contribution in [-0.4, -0.2) is 19.6 Å². The van der Waals surface area contributed by atoms with Gasteiger partial charge in [-0.15, -0.1) is 0 Å². The van der Waals surface area contributed by atoms with Gasteiger partial charge in [-0.1, -0.05) is 25.1 Å². The molecule has 0 heterocycles. The van der Waals surface area contributed by atoms with Gasteiger partial charge in [0.1, 0.15) is 5.75 Å². The number of amides is 1. The van der Waals surface area contributed by atoms with Gasteiger partial charge in [-0.05, 0) is 18.1 Å². The maximum absolute atomic E-state index is 11.1. The van der Waals surface area contributed by atoms with Gasteiger partial charge in [-0.3, -0.25) is 10.2 Å². The number of hydrogen-bond acceptors (Lipinski definition) is 3. The SMILES string of the molecule is CCc1ccccc1OCCC(=O)NNC. The Hall–Kier alpha value is -1.55. The van der Waals surface area contributed by atoms with Crippen molar-refractivity contribution in [1.82, 2.24) is 10.9 Å². The number of benzene rings is 1. The summed E-state index contributed by atoms with van der Waals surface area (Å²) in [6.07, 6.45) is 1.28. The molecule has 1 amide bonds. The molecule has 0 atom stereocenters. The number of aryl methyl sites for hydroxylation is 1. The molecule has 4 heteroatoms. The van der Waals surface area contributed by atoms with Gasteiger partial charge in [0.2, 0.25) is 5.91 Å². The molecule has 1 rings (SSSR count). The third-order valence-corrected chi connectivity index (χ3v) is 2.20. The lowest BCUT2D eigenvalue weighted by Gasteiger charge is -2.09. The van der Waals surface area contributed by atoms with Crippen LogP contribution in [0.25, 0.3) is 0 Å². The normalized spacial score (nSPS) is 9.88. The fraction of sp³-hybridized carbons (Fsp3) is 0.417. The highest BCUT2D eigenvalue weighted by molar-refractivity contribution is 5.75. The van der Waals surface area contributed by atoms with Crippen molar-refractivity contribution in [3.8, 4) is 5.75 Å². The topological polar surface area (TPSA) is 50.4 Å². The molecule has 0 fully saturated rings. The van der Waals surface area contributed by atoms with Gasteiger partial charge < -0.3 is 4.74 Å². The van der Waals surface area contributed by atoms with Gasteiger partial charge in [0.05, 0.1) is 13.0 Å². The molecule has 2 N–H and O–H groups in total. The summed E-state index contributed by atoms with van der Waals surface area (Å²) in [5, 5.41) is 0. The first-order valence-electron chi connectivity index (χ1n) is 5.44. The molecule has 0 spiro atoms. The van der Waals surface area contributed by atoms with Crippen LogP contribution in [0.5, 0.6) is 5.75 Å². The minimum atomic E-state index is -0.0727. The minimum absolute atomic E-state index is 0.0727. The van der Waals surface area contributed by atoms with Crippen molar-refractivity contribution in [1.29, 1.82) is 0 Å². The van der Waals surface area contributed by atoms with Gasteiger partial charge in [-0.2, -0.15) is 0 Å². The van der Waals surface area contributed by atoms with Crippen molar-refractivity contribution in [3.05, 3.63) is 29.8 Å². The number of ether oxygens (including phenoxy) is 1. The molecule has 0 saturated carbocycles. The quantitative estimate of drug-likeness (QED) is 0.713. The summed E-state index contributed by atoms with van der Waals surface area (Å²) >= 11 is 0. The van der Waals surface area contributed by atoms with Crippen molar-refractivity contribution in [2.24, 2.45) is 0 Å². The van der Waals surface area contributed by atoms with E-state index in [1.54, 1.807) is 7.05 Å². The van der Waals surface area contributed by atoms with E-state index in [0.29, 0.717) is 13.0 Å². The second-order valence-corrected chi connectivity index (χ2v) is 3.36. The summed E-state index contributed by atoms with van der Waals surface area (Å²) in [6.45, 7) is 2.47. The zero-order valence-corrected chi connectivity index (χ0v) is 9.75. The molecular weight excluding hydrogens is 204 g/mol. The number of hydrogen-bond donors (Lipinski definition) is 2. The molecule has 0 unspecified atom stereocenters. The Morgan fingerprint density at radius 3 is 2.81 bits per heavy atom. The first-order chi connectivity index (χ1) is 7.77. The Kier molecular flexibility index (Phi) is 5.36. The number of nitrogens with one attached hydrogen (secondary N) is 2. The van der Waals surface area contributed by atoms with Crippen LogP contribution in [0, 0.1) is 0 Å². The van der Waals surface area contributed by atoms with Crippen molar-refractivity contribution in [2.75, 3.05) is 13.7 Å². The largest absolute Gasteiger partial charge is 0.493 e. The highest BCUT2D eigenvalue weighted by Gasteiger charge is 2.03. The molecule has 16 heavy (non-hydrogen) atoms. The Bertz CT molecular complexity index is 340. The van der Waals surface area contributed by atoms with E-state index in [4.69, 9.17) is 4.74 Å². The van der Waals surface area contributed by atoms with E-state index in [-0.39, 0.29) is 5.91 Å². The van der Waals surface area contributed by atoms with Crippen LogP contribution in [0.15, 0.2) is 24.3 Å². The van der Waals surface area contributed by atoms with Crippen molar-refractivity contribution < 1.29 is 9.53 Å². The van der Waals surface area contributed by atoms with Crippen LogP contribution >= 0.6 is 0 Å². The lowest BCUT2D eigenvalue weighted by molar-refractivity contribution is -0.122. The lowest BCUT2D eigenvalue weighted by atomic mass is 10.1. The van der Waals surface area contributed by atoms with Crippen LogP contribution in [0.3, 0.4) is 0 Å². The average Bonchev–Trinajstić information content (AvgIpc) is 2.30. The third-order valence-electron chi connectivity index (χ3n) is 2.20. The molecule has 0 radical (unpaired) electrons. The average molecular weight is 222 g/mol. The zero-order chi connectivity index (χ0) is 11.8. The molecule has 1 aromatic carbocycles. The van der Waals surface area contributed by atoms with Gasteiger partial charge >= 0.3 is 0 Å². The number of carbonyl (C=O) groups excluding carboxylic acids is 1. The highest BCUT2D eigenvalue weighted by atomic mass is 16.5. The third kappa shape index (κ3) is 3.90. The first-order valence-corrected chi connectivity index (χ1v) is 5.44. The zero-order valence-electron chi connectivity index (χ0n) is 9.75. The van der Waals surface area contributed by atoms with Gasteiger partial charge in [0.25, 0.3) is 0 Å². The Labute approximate surface area is 96.0 Å². The van der Waals surface area contributed by atoms with E-state index in [9.17, 15) is 4.79 Å². The fourth-order valence-electron chi connectivity index (χ4n) is 1.39. The van der Waals surface area contributed by atoms with Gasteiger partial charge in [0, 0.05) is 7.05 Å². The Morgan fingerprint density at radius 2 is 2.12 bits per heavy atom. The lowest BCUT2D eigenvalue weighted by Crippen LogP contribution is -2.34. The molecule has 0 saturated heterocycles. The van der Waals surface area contributed by atoms with Crippen LogP contribution in [0.4, 0.5) is 0 Å².